The van der Waals surface area contributed by atoms with Gasteiger partial charge in [0, 0.05) is 25.8 Å². The number of ether oxygens (including phenoxy) is 1. The van der Waals surface area contributed by atoms with Crippen molar-refractivity contribution in [1.82, 2.24) is 10.6 Å². The van der Waals surface area contributed by atoms with Crippen molar-refractivity contribution in [3.05, 3.63) is 71.8 Å². The maximum atomic E-state index is 12.4. The number of amides is 2. The fraction of sp³-hybridized carbons (Fsp3) is 0.300. The first kappa shape index (κ1) is 18.7. The summed E-state index contributed by atoms with van der Waals surface area (Å²) in [6.07, 6.45) is 0.949. The summed E-state index contributed by atoms with van der Waals surface area (Å²) < 4.78 is 4.97. The third-order valence-electron chi connectivity index (χ3n) is 3.78. The Morgan fingerprint density at radius 1 is 1.00 bits per heavy atom. The number of nitrogens with one attached hydrogen (secondary N) is 2. The molecule has 132 valence electrons. The summed E-state index contributed by atoms with van der Waals surface area (Å²) in [7, 11) is 1.63. The molecule has 2 aromatic rings. The smallest absolute Gasteiger partial charge is 0.251 e. The van der Waals surface area contributed by atoms with E-state index >= 15 is 0 Å². The third-order valence-corrected chi connectivity index (χ3v) is 3.78. The van der Waals surface area contributed by atoms with Gasteiger partial charge in [-0.1, -0.05) is 48.5 Å². The van der Waals surface area contributed by atoms with Gasteiger partial charge in [0.15, 0.2) is 0 Å². The zero-order valence-corrected chi connectivity index (χ0v) is 14.4. The Kier molecular flexibility index (Phi) is 7.66. The van der Waals surface area contributed by atoms with Crippen molar-refractivity contribution < 1.29 is 14.3 Å². The van der Waals surface area contributed by atoms with Crippen molar-refractivity contribution >= 4 is 11.8 Å². The number of benzene rings is 2. The molecule has 2 aromatic carbocycles. The van der Waals surface area contributed by atoms with Gasteiger partial charge in [-0.05, 0) is 24.1 Å². The van der Waals surface area contributed by atoms with E-state index in [1.165, 1.54) is 0 Å². The summed E-state index contributed by atoms with van der Waals surface area (Å²) >= 11 is 0. The lowest BCUT2D eigenvalue weighted by molar-refractivity contribution is -0.121. The minimum atomic E-state index is -0.378. The first-order valence-electron chi connectivity index (χ1n) is 8.37. The second-order valence-electron chi connectivity index (χ2n) is 5.70. The van der Waals surface area contributed by atoms with Crippen molar-refractivity contribution in [2.45, 2.75) is 18.9 Å². The van der Waals surface area contributed by atoms with Gasteiger partial charge < -0.3 is 15.4 Å². The average Bonchev–Trinajstić information content (AvgIpc) is 2.66. The molecule has 0 aliphatic carbocycles. The normalized spacial score (nSPS) is 11.6. The SMILES string of the molecule is COCCCNC(=O)CC(NC(=O)c1ccccc1)c1ccccc1. The minimum Gasteiger partial charge on any atom is -0.385 e. The number of carbonyl (C=O) groups excluding carboxylic acids is 2. The van der Waals surface area contributed by atoms with Gasteiger partial charge in [0.25, 0.3) is 5.91 Å². The van der Waals surface area contributed by atoms with Crippen LogP contribution in [0.3, 0.4) is 0 Å². The molecule has 1 atom stereocenters. The van der Waals surface area contributed by atoms with Crippen molar-refractivity contribution in [3.8, 4) is 0 Å². The molecule has 2 amide bonds. The van der Waals surface area contributed by atoms with E-state index in [2.05, 4.69) is 10.6 Å². The first-order valence-corrected chi connectivity index (χ1v) is 8.37. The molecule has 5 heteroatoms. The quantitative estimate of drug-likeness (QED) is 0.690. The Morgan fingerprint density at radius 3 is 2.28 bits per heavy atom. The number of carbonyl (C=O) groups is 2. The number of rotatable bonds is 9. The molecule has 5 nitrogen and oxygen atoms in total. The van der Waals surface area contributed by atoms with Crippen LogP contribution in [0.1, 0.15) is 34.8 Å². The Balaban J connectivity index is 2.01. The van der Waals surface area contributed by atoms with Gasteiger partial charge >= 0.3 is 0 Å². The topological polar surface area (TPSA) is 67.4 Å². The third kappa shape index (κ3) is 6.39. The molecule has 0 radical (unpaired) electrons. The van der Waals surface area contributed by atoms with Gasteiger partial charge in [-0.15, -0.1) is 0 Å². The molecule has 0 spiro atoms. The summed E-state index contributed by atoms with van der Waals surface area (Å²) in [6, 6.07) is 18.1. The number of hydrogen-bond donors (Lipinski definition) is 2. The van der Waals surface area contributed by atoms with E-state index in [4.69, 9.17) is 4.74 Å². The lowest BCUT2D eigenvalue weighted by atomic mass is 10.0. The van der Waals surface area contributed by atoms with Gasteiger partial charge in [0.1, 0.15) is 0 Å². The highest BCUT2D eigenvalue weighted by Gasteiger charge is 2.18. The van der Waals surface area contributed by atoms with Crippen LogP contribution in [-0.4, -0.2) is 32.1 Å². The Labute approximate surface area is 148 Å². The molecule has 0 aromatic heterocycles. The van der Waals surface area contributed by atoms with Gasteiger partial charge in [-0.25, -0.2) is 0 Å². The summed E-state index contributed by atoms with van der Waals surface area (Å²) in [5.74, 6) is -0.292. The zero-order valence-electron chi connectivity index (χ0n) is 14.4. The molecule has 0 fully saturated rings. The van der Waals surface area contributed by atoms with E-state index in [1.54, 1.807) is 19.2 Å². The molecule has 2 N–H and O–H groups in total. The van der Waals surface area contributed by atoms with Crippen molar-refractivity contribution in [2.24, 2.45) is 0 Å². The summed E-state index contributed by atoms with van der Waals surface area (Å²) in [4.78, 5) is 24.7. The molecule has 0 saturated heterocycles. The Morgan fingerprint density at radius 2 is 1.64 bits per heavy atom. The van der Waals surface area contributed by atoms with Crippen LogP contribution in [0.25, 0.3) is 0 Å². The number of hydrogen-bond acceptors (Lipinski definition) is 3. The van der Waals surface area contributed by atoms with Crippen LogP contribution in [0, 0.1) is 0 Å². The summed E-state index contributed by atoms with van der Waals surface area (Å²) in [6.45, 7) is 1.16. The Bertz CT molecular complexity index is 659. The maximum Gasteiger partial charge on any atom is 0.251 e. The monoisotopic (exact) mass is 340 g/mol. The molecule has 0 bridgehead atoms. The molecule has 1 unspecified atom stereocenters. The maximum absolute atomic E-state index is 12.4. The summed E-state index contributed by atoms with van der Waals surface area (Å²) in [5.41, 5.74) is 1.47. The molecule has 0 aliphatic rings. The first-order chi connectivity index (χ1) is 12.2. The van der Waals surface area contributed by atoms with Crippen LogP contribution >= 0.6 is 0 Å². The molecular formula is C20H24N2O3. The van der Waals surface area contributed by atoms with Gasteiger partial charge in [-0.2, -0.15) is 0 Å². The molecular weight excluding hydrogens is 316 g/mol. The van der Waals surface area contributed by atoms with E-state index < -0.39 is 0 Å². The van der Waals surface area contributed by atoms with Crippen LogP contribution in [0.2, 0.25) is 0 Å². The predicted octanol–water partition coefficient (Wildman–Crippen LogP) is 2.70. The van der Waals surface area contributed by atoms with Crippen LogP contribution in [0.4, 0.5) is 0 Å². The second kappa shape index (κ2) is 10.3. The van der Waals surface area contributed by atoms with Crippen LogP contribution in [0.15, 0.2) is 60.7 Å². The highest BCUT2D eigenvalue weighted by atomic mass is 16.5. The molecule has 0 aliphatic heterocycles. The van der Waals surface area contributed by atoms with E-state index in [1.807, 2.05) is 48.5 Å². The van der Waals surface area contributed by atoms with Crippen molar-refractivity contribution in [3.63, 3.8) is 0 Å². The van der Waals surface area contributed by atoms with E-state index in [0.717, 1.165) is 12.0 Å². The molecule has 0 saturated carbocycles. The molecule has 2 rings (SSSR count). The van der Waals surface area contributed by atoms with Crippen LogP contribution < -0.4 is 10.6 Å². The predicted molar refractivity (Wildman–Crippen MR) is 97.2 cm³/mol. The van der Waals surface area contributed by atoms with Crippen molar-refractivity contribution in [1.29, 1.82) is 0 Å². The van der Waals surface area contributed by atoms with Gasteiger partial charge in [-0.3, -0.25) is 9.59 Å². The average molecular weight is 340 g/mol. The lowest BCUT2D eigenvalue weighted by Crippen LogP contribution is -2.34. The molecule has 25 heavy (non-hydrogen) atoms. The fourth-order valence-electron chi connectivity index (χ4n) is 2.47. The highest BCUT2D eigenvalue weighted by molar-refractivity contribution is 5.94. The van der Waals surface area contributed by atoms with Crippen LogP contribution in [-0.2, 0) is 9.53 Å². The highest BCUT2D eigenvalue weighted by Crippen LogP contribution is 2.17. The number of methoxy groups -OCH3 is 1. The Hall–Kier alpha value is -2.66. The van der Waals surface area contributed by atoms with E-state index in [0.29, 0.717) is 18.7 Å². The van der Waals surface area contributed by atoms with E-state index in [-0.39, 0.29) is 24.3 Å². The van der Waals surface area contributed by atoms with Crippen molar-refractivity contribution in [2.75, 3.05) is 20.3 Å². The zero-order chi connectivity index (χ0) is 17.9. The largest absolute Gasteiger partial charge is 0.385 e. The summed E-state index contributed by atoms with van der Waals surface area (Å²) in [5, 5.41) is 5.82. The van der Waals surface area contributed by atoms with E-state index in [9.17, 15) is 9.59 Å². The standard InChI is InChI=1S/C20H24N2O3/c1-25-14-8-13-21-19(23)15-18(16-9-4-2-5-10-16)22-20(24)17-11-6-3-7-12-17/h2-7,9-12,18H,8,13-15H2,1H3,(H,21,23)(H,22,24). The van der Waals surface area contributed by atoms with Gasteiger partial charge in [0.05, 0.1) is 12.5 Å². The fourth-order valence-corrected chi connectivity index (χ4v) is 2.47. The van der Waals surface area contributed by atoms with Crippen LogP contribution in [0.5, 0.6) is 0 Å². The second-order valence-corrected chi connectivity index (χ2v) is 5.70. The minimum absolute atomic E-state index is 0.0988. The molecule has 0 heterocycles. The van der Waals surface area contributed by atoms with Gasteiger partial charge in [0.2, 0.25) is 5.91 Å². The lowest BCUT2D eigenvalue weighted by Gasteiger charge is -2.19.